The Labute approximate surface area is 97.9 Å². The first kappa shape index (κ1) is 12.2. The molecule has 0 radical (unpaired) electrons. The van der Waals surface area contributed by atoms with E-state index in [-0.39, 0.29) is 5.91 Å². The van der Waals surface area contributed by atoms with E-state index in [1.807, 2.05) is 24.3 Å². The topological polar surface area (TPSA) is 38.3 Å². The number of nitrogens with one attached hydrogen (secondary N) is 1. The van der Waals surface area contributed by atoms with Crippen LogP contribution in [0, 0.1) is 0 Å². The molecule has 15 heavy (non-hydrogen) atoms. The van der Waals surface area contributed by atoms with E-state index in [1.54, 1.807) is 7.11 Å². The molecule has 0 aliphatic rings. The predicted octanol–water partition coefficient (Wildman–Crippen LogP) is 1.84. The first-order chi connectivity index (χ1) is 7.27. The van der Waals surface area contributed by atoms with Gasteiger partial charge >= 0.3 is 0 Å². The van der Waals surface area contributed by atoms with Crippen LogP contribution in [0.1, 0.15) is 11.1 Å². The van der Waals surface area contributed by atoms with Crippen molar-refractivity contribution in [1.29, 1.82) is 0 Å². The van der Waals surface area contributed by atoms with Gasteiger partial charge in [0.05, 0.1) is 11.9 Å². The number of hydrogen-bond donors (Lipinski definition) is 1. The van der Waals surface area contributed by atoms with Crippen LogP contribution in [0.5, 0.6) is 0 Å². The van der Waals surface area contributed by atoms with Crippen LogP contribution in [-0.2, 0) is 22.7 Å². The van der Waals surface area contributed by atoms with E-state index < -0.39 is 0 Å². The summed E-state index contributed by atoms with van der Waals surface area (Å²) >= 11 is 3.10. The fraction of sp³-hybridized carbons (Fsp3) is 0.364. The van der Waals surface area contributed by atoms with Crippen LogP contribution < -0.4 is 5.32 Å². The zero-order chi connectivity index (χ0) is 11.1. The normalized spacial score (nSPS) is 10.0. The smallest absolute Gasteiger partial charge is 0.230 e. The van der Waals surface area contributed by atoms with Gasteiger partial charge in [-0.25, -0.2) is 0 Å². The van der Waals surface area contributed by atoms with E-state index in [9.17, 15) is 4.79 Å². The molecule has 0 bridgehead atoms. The maximum Gasteiger partial charge on any atom is 0.230 e. The summed E-state index contributed by atoms with van der Waals surface area (Å²) in [6, 6.07) is 7.90. The van der Waals surface area contributed by atoms with Gasteiger partial charge in [0.15, 0.2) is 0 Å². The van der Waals surface area contributed by atoms with Crippen molar-refractivity contribution in [3.05, 3.63) is 35.4 Å². The Morgan fingerprint density at radius 3 is 2.67 bits per heavy atom. The minimum Gasteiger partial charge on any atom is -0.380 e. The number of alkyl halides is 1. The number of methoxy groups -OCH3 is 1. The zero-order valence-electron chi connectivity index (χ0n) is 8.63. The molecule has 0 heterocycles. The number of hydrogen-bond acceptors (Lipinski definition) is 2. The molecule has 1 rings (SSSR count). The summed E-state index contributed by atoms with van der Waals surface area (Å²) in [5.74, 6) is -0.0118. The summed E-state index contributed by atoms with van der Waals surface area (Å²) in [4.78, 5) is 11.1. The maximum absolute atomic E-state index is 11.1. The summed E-state index contributed by atoms with van der Waals surface area (Å²) in [5.41, 5.74) is 2.20. The number of ether oxygens (including phenoxy) is 1. The molecule has 1 amide bonds. The van der Waals surface area contributed by atoms with Crippen LogP contribution in [0.3, 0.4) is 0 Å². The number of amides is 1. The molecule has 0 saturated carbocycles. The molecular formula is C11H14BrNO2. The summed E-state index contributed by atoms with van der Waals surface area (Å²) < 4.78 is 5.08. The van der Waals surface area contributed by atoms with Crippen molar-refractivity contribution in [2.24, 2.45) is 0 Å². The first-order valence-corrected chi connectivity index (χ1v) is 5.78. The molecular weight excluding hydrogens is 258 g/mol. The summed E-state index contributed by atoms with van der Waals surface area (Å²) in [7, 11) is 1.66. The predicted molar refractivity (Wildman–Crippen MR) is 62.8 cm³/mol. The molecule has 0 aliphatic heterocycles. The summed E-state index contributed by atoms with van der Waals surface area (Å²) in [6.07, 6.45) is 0. The number of carbonyl (C=O) groups is 1. The SMILES string of the molecule is COCc1ccccc1CNC(=O)CBr. The van der Waals surface area contributed by atoms with Crippen molar-refractivity contribution in [3.63, 3.8) is 0 Å². The third kappa shape index (κ3) is 4.01. The van der Waals surface area contributed by atoms with Gasteiger partial charge in [-0.1, -0.05) is 40.2 Å². The van der Waals surface area contributed by atoms with Gasteiger partial charge in [0, 0.05) is 13.7 Å². The highest BCUT2D eigenvalue weighted by Crippen LogP contribution is 2.09. The van der Waals surface area contributed by atoms with E-state index >= 15 is 0 Å². The second-order valence-electron chi connectivity index (χ2n) is 3.11. The Morgan fingerprint density at radius 1 is 1.40 bits per heavy atom. The van der Waals surface area contributed by atoms with E-state index in [0.717, 1.165) is 11.1 Å². The van der Waals surface area contributed by atoms with Crippen LogP contribution in [0.15, 0.2) is 24.3 Å². The molecule has 0 aliphatic carbocycles. The number of benzene rings is 1. The van der Waals surface area contributed by atoms with Crippen molar-refractivity contribution in [1.82, 2.24) is 5.32 Å². The number of rotatable bonds is 5. The molecule has 0 atom stereocenters. The highest BCUT2D eigenvalue weighted by atomic mass is 79.9. The Bertz CT molecular complexity index is 328. The highest BCUT2D eigenvalue weighted by Gasteiger charge is 2.02. The second kappa shape index (κ2) is 6.58. The fourth-order valence-corrected chi connectivity index (χ4v) is 1.47. The van der Waals surface area contributed by atoms with Gasteiger partial charge in [-0.2, -0.15) is 0 Å². The molecule has 3 nitrogen and oxygen atoms in total. The lowest BCUT2D eigenvalue weighted by molar-refractivity contribution is -0.118. The van der Waals surface area contributed by atoms with Crippen molar-refractivity contribution in [2.45, 2.75) is 13.2 Å². The number of halogens is 1. The molecule has 1 aromatic carbocycles. The van der Waals surface area contributed by atoms with Crippen LogP contribution in [-0.4, -0.2) is 18.3 Å². The monoisotopic (exact) mass is 271 g/mol. The molecule has 1 N–H and O–H groups in total. The fourth-order valence-electron chi connectivity index (χ4n) is 1.27. The van der Waals surface area contributed by atoms with Crippen LogP contribution in [0.4, 0.5) is 0 Å². The first-order valence-electron chi connectivity index (χ1n) is 4.66. The minimum absolute atomic E-state index is 0.0118. The Morgan fingerprint density at radius 2 is 2.07 bits per heavy atom. The lowest BCUT2D eigenvalue weighted by Gasteiger charge is -2.09. The molecule has 82 valence electrons. The molecule has 0 spiro atoms. The van der Waals surface area contributed by atoms with E-state index in [0.29, 0.717) is 18.5 Å². The molecule has 0 saturated heterocycles. The largest absolute Gasteiger partial charge is 0.380 e. The zero-order valence-corrected chi connectivity index (χ0v) is 10.2. The summed E-state index contributed by atoms with van der Waals surface area (Å²) in [5, 5.41) is 3.14. The Kier molecular flexibility index (Phi) is 5.36. The highest BCUT2D eigenvalue weighted by molar-refractivity contribution is 9.09. The molecule has 0 aromatic heterocycles. The Hall–Kier alpha value is -0.870. The van der Waals surface area contributed by atoms with Crippen molar-refractivity contribution in [3.8, 4) is 0 Å². The maximum atomic E-state index is 11.1. The lowest BCUT2D eigenvalue weighted by Crippen LogP contribution is -2.24. The van der Waals surface area contributed by atoms with Crippen molar-refractivity contribution < 1.29 is 9.53 Å². The van der Waals surface area contributed by atoms with Crippen LogP contribution >= 0.6 is 15.9 Å². The third-order valence-corrected chi connectivity index (χ3v) is 2.52. The van der Waals surface area contributed by atoms with Crippen LogP contribution in [0.2, 0.25) is 0 Å². The van der Waals surface area contributed by atoms with Gasteiger partial charge in [0.2, 0.25) is 5.91 Å². The third-order valence-electron chi connectivity index (χ3n) is 2.02. The summed E-state index contributed by atoms with van der Waals surface area (Å²) in [6.45, 7) is 1.12. The van der Waals surface area contributed by atoms with Gasteiger partial charge in [-0.05, 0) is 11.1 Å². The van der Waals surface area contributed by atoms with Gasteiger partial charge < -0.3 is 10.1 Å². The molecule has 1 aromatic rings. The van der Waals surface area contributed by atoms with E-state index in [4.69, 9.17) is 4.74 Å². The van der Waals surface area contributed by atoms with Gasteiger partial charge in [0.25, 0.3) is 0 Å². The molecule has 0 unspecified atom stereocenters. The lowest BCUT2D eigenvalue weighted by atomic mass is 10.1. The quantitative estimate of drug-likeness (QED) is 0.831. The average molecular weight is 272 g/mol. The Balaban J connectivity index is 2.62. The van der Waals surface area contributed by atoms with Gasteiger partial charge in [-0.15, -0.1) is 0 Å². The second-order valence-corrected chi connectivity index (χ2v) is 3.67. The molecule has 4 heteroatoms. The average Bonchev–Trinajstić information content (AvgIpc) is 2.28. The van der Waals surface area contributed by atoms with E-state index in [2.05, 4.69) is 21.2 Å². The minimum atomic E-state index is -0.0118. The van der Waals surface area contributed by atoms with Gasteiger partial charge in [-0.3, -0.25) is 4.79 Å². The van der Waals surface area contributed by atoms with E-state index in [1.165, 1.54) is 0 Å². The number of carbonyl (C=O) groups excluding carboxylic acids is 1. The van der Waals surface area contributed by atoms with Gasteiger partial charge in [0.1, 0.15) is 0 Å². The van der Waals surface area contributed by atoms with Crippen molar-refractivity contribution >= 4 is 21.8 Å². The van der Waals surface area contributed by atoms with Crippen LogP contribution in [0.25, 0.3) is 0 Å². The standard InChI is InChI=1S/C11H14BrNO2/c1-15-8-10-5-3-2-4-9(10)7-13-11(14)6-12/h2-5H,6-8H2,1H3,(H,13,14). The molecule has 0 fully saturated rings. The van der Waals surface area contributed by atoms with Crippen molar-refractivity contribution in [2.75, 3.05) is 12.4 Å².